The monoisotopic (exact) mass is 226 g/mol. The number of nitriles is 1. The van der Waals surface area contributed by atoms with Gasteiger partial charge in [0, 0.05) is 17.8 Å². The molecule has 2 heterocycles. The molecule has 4 nitrogen and oxygen atoms in total. The molecule has 0 amide bonds. The van der Waals surface area contributed by atoms with E-state index in [4.69, 9.17) is 14.4 Å². The van der Waals surface area contributed by atoms with Crippen molar-refractivity contribution >= 4 is 11.6 Å². The number of pyridine rings is 1. The minimum absolute atomic E-state index is 0.495. The molecule has 2 aromatic heterocycles. The predicted molar refractivity (Wildman–Crippen MR) is 63.0 cm³/mol. The van der Waals surface area contributed by atoms with Crippen LogP contribution in [-0.2, 0) is 0 Å². The molecule has 2 rings (SSSR count). The lowest BCUT2D eigenvalue weighted by molar-refractivity contribution is 0.398. The van der Waals surface area contributed by atoms with Gasteiger partial charge in [0.05, 0.1) is 25.0 Å². The molecule has 0 radical (unpaired) electrons. The summed E-state index contributed by atoms with van der Waals surface area (Å²) in [5.74, 6) is 1.15. The molecule has 0 saturated carbocycles. The van der Waals surface area contributed by atoms with Crippen LogP contribution in [0.4, 0.5) is 0 Å². The number of furan rings is 1. The normalized spacial score (nSPS) is 10.9. The highest BCUT2D eigenvalue weighted by atomic mass is 16.5. The van der Waals surface area contributed by atoms with E-state index in [9.17, 15) is 0 Å². The summed E-state index contributed by atoms with van der Waals surface area (Å²) in [6.45, 7) is 0. The Morgan fingerprint density at radius 3 is 2.88 bits per heavy atom. The molecule has 17 heavy (non-hydrogen) atoms. The molecule has 0 fully saturated rings. The van der Waals surface area contributed by atoms with E-state index in [0.29, 0.717) is 17.2 Å². The fraction of sp³-hybridized carbons (Fsp3) is 0.0769. The number of nitrogens with zero attached hydrogens (tertiary/aromatic N) is 2. The second-order valence-electron chi connectivity index (χ2n) is 3.27. The van der Waals surface area contributed by atoms with Crippen molar-refractivity contribution in [1.82, 2.24) is 4.98 Å². The van der Waals surface area contributed by atoms with Crippen LogP contribution < -0.4 is 4.74 Å². The van der Waals surface area contributed by atoms with Crippen LogP contribution in [-0.4, -0.2) is 12.1 Å². The summed E-state index contributed by atoms with van der Waals surface area (Å²) in [5.41, 5.74) is 1.22. The third-order valence-electron chi connectivity index (χ3n) is 2.21. The fourth-order valence-corrected chi connectivity index (χ4v) is 1.36. The van der Waals surface area contributed by atoms with Crippen molar-refractivity contribution in [1.29, 1.82) is 5.26 Å². The van der Waals surface area contributed by atoms with Crippen LogP contribution in [0, 0.1) is 11.3 Å². The maximum atomic E-state index is 9.09. The summed E-state index contributed by atoms with van der Waals surface area (Å²) >= 11 is 0. The average Bonchev–Trinajstić information content (AvgIpc) is 2.89. The SMILES string of the molecule is COc1ccc(/C(C#N)=C\c2ccco2)cn1. The van der Waals surface area contributed by atoms with E-state index in [0.717, 1.165) is 5.56 Å². The maximum absolute atomic E-state index is 9.09. The molecule has 0 unspecified atom stereocenters. The molecule has 2 aromatic rings. The van der Waals surface area contributed by atoms with Crippen LogP contribution in [0.2, 0.25) is 0 Å². The number of aromatic nitrogens is 1. The van der Waals surface area contributed by atoms with E-state index >= 15 is 0 Å². The first-order chi connectivity index (χ1) is 8.33. The van der Waals surface area contributed by atoms with Crippen molar-refractivity contribution in [2.45, 2.75) is 0 Å². The van der Waals surface area contributed by atoms with Gasteiger partial charge in [-0.3, -0.25) is 0 Å². The Kier molecular flexibility index (Phi) is 3.22. The van der Waals surface area contributed by atoms with Crippen LogP contribution in [0.15, 0.2) is 41.1 Å². The minimum Gasteiger partial charge on any atom is -0.481 e. The van der Waals surface area contributed by atoms with Crippen LogP contribution in [0.1, 0.15) is 11.3 Å². The molecular formula is C13H10N2O2. The third-order valence-corrected chi connectivity index (χ3v) is 2.21. The molecule has 0 bridgehead atoms. The van der Waals surface area contributed by atoms with Crippen LogP contribution in [0.3, 0.4) is 0 Å². The van der Waals surface area contributed by atoms with E-state index in [2.05, 4.69) is 11.1 Å². The highest BCUT2D eigenvalue weighted by Gasteiger charge is 2.03. The van der Waals surface area contributed by atoms with Crippen molar-refractivity contribution in [3.8, 4) is 11.9 Å². The summed E-state index contributed by atoms with van der Waals surface area (Å²) in [6, 6.07) is 9.16. The van der Waals surface area contributed by atoms with Crippen molar-refractivity contribution < 1.29 is 9.15 Å². The van der Waals surface area contributed by atoms with Crippen molar-refractivity contribution in [2.75, 3.05) is 7.11 Å². The summed E-state index contributed by atoms with van der Waals surface area (Å²) in [7, 11) is 1.55. The van der Waals surface area contributed by atoms with Gasteiger partial charge in [0.15, 0.2) is 0 Å². The Morgan fingerprint density at radius 2 is 2.35 bits per heavy atom. The molecule has 0 saturated heterocycles. The van der Waals surface area contributed by atoms with E-state index in [1.165, 1.54) is 0 Å². The lowest BCUT2D eigenvalue weighted by Crippen LogP contribution is -1.88. The lowest BCUT2D eigenvalue weighted by Gasteiger charge is -2.00. The zero-order valence-corrected chi connectivity index (χ0v) is 9.25. The summed E-state index contributed by atoms with van der Waals surface area (Å²) in [4.78, 5) is 4.05. The number of hydrogen-bond acceptors (Lipinski definition) is 4. The topological polar surface area (TPSA) is 59.0 Å². The molecule has 0 aliphatic heterocycles. The number of hydrogen-bond donors (Lipinski definition) is 0. The first-order valence-electron chi connectivity index (χ1n) is 4.99. The molecule has 0 aliphatic carbocycles. The zero-order valence-electron chi connectivity index (χ0n) is 9.25. The highest BCUT2D eigenvalue weighted by Crippen LogP contribution is 2.18. The van der Waals surface area contributed by atoms with Gasteiger partial charge in [0.2, 0.25) is 5.88 Å². The summed E-state index contributed by atoms with van der Waals surface area (Å²) in [6.07, 6.45) is 4.83. The second kappa shape index (κ2) is 4.99. The Labute approximate surface area is 98.8 Å². The van der Waals surface area contributed by atoms with Gasteiger partial charge in [0.25, 0.3) is 0 Å². The highest BCUT2D eigenvalue weighted by molar-refractivity contribution is 5.88. The summed E-state index contributed by atoms with van der Waals surface area (Å²) < 4.78 is 10.1. The standard InChI is InChI=1S/C13H10N2O2/c1-16-13-5-4-10(9-15-13)11(8-14)7-12-3-2-6-17-12/h2-7,9H,1H3/b11-7-. The largest absolute Gasteiger partial charge is 0.481 e. The van der Waals surface area contributed by atoms with Crippen molar-refractivity contribution in [3.05, 3.63) is 48.0 Å². The molecule has 0 N–H and O–H groups in total. The molecule has 4 heteroatoms. The molecular weight excluding hydrogens is 216 g/mol. The first kappa shape index (κ1) is 11.0. The number of methoxy groups -OCH3 is 1. The molecule has 0 atom stereocenters. The van der Waals surface area contributed by atoms with Gasteiger partial charge in [-0.15, -0.1) is 0 Å². The number of allylic oxidation sites excluding steroid dienone is 1. The van der Waals surface area contributed by atoms with Crippen LogP contribution >= 0.6 is 0 Å². The predicted octanol–water partition coefficient (Wildman–Crippen LogP) is 2.75. The van der Waals surface area contributed by atoms with Crippen molar-refractivity contribution in [3.63, 3.8) is 0 Å². The van der Waals surface area contributed by atoms with Gasteiger partial charge < -0.3 is 9.15 Å². The number of ether oxygens (including phenoxy) is 1. The third kappa shape index (κ3) is 2.52. The quantitative estimate of drug-likeness (QED) is 0.755. The Hall–Kier alpha value is -2.54. The van der Waals surface area contributed by atoms with E-state index in [-0.39, 0.29) is 0 Å². The average molecular weight is 226 g/mol. The van der Waals surface area contributed by atoms with Crippen molar-refractivity contribution in [2.24, 2.45) is 0 Å². The van der Waals surface area contributed by atoms with E-state index in [1.54, 1.807) is 49.9 Å². The van der Waals surface area contributed by atoms with Gasteiger partial charge in [-0.2, -0.15) is 5.26 Å². The van der Waals surface area contributed by atoms with E-state index in [1.807, 2.05) is 0 Å². The smallest absolute Gasteiger partial charge is 0.212 e. The van der Waals surface area contributed by atoms with Gasteiger partial charge in [-0.1, -0.05) is 0 Å². The Morgan fingerprint density at radius 1 is 1.47 bits per heavy atom. The maximum Gasteiger partial charge on any atom is 0.212 e. The fourth-order valence-electron chi connectivity index (χ4n) is 1.36. The Balaban J connectivity index is 2.33. The van der Waals surface area contributed by atoms with Gasteiger partial charge >= 0.3 is 0 Å². The molecule has 0 aliphatic rings. The zero-order chi connectivity index (χ0) is 12.1. The number of rotatable bonds is 3. The van der Waals surface area contributed by atoms with Gasteiger partial charge in [-0.05, 0) is 24.3 Å². The van der Waals surface area contributed by atoms with Gasteiger partial charge in [0.1, 0.15) is 5.76 Å². The van der Waals surface area contributed by atoms with Crippen LogP contribution in [0.25, 0.3) is 11.6 Å². The lowest BCUT2D eigenvalue weighted by atomic mass is 10.1. The molecule has 84 valence electrons. The van der Waals surface area contributed by atoms with Crippen LogP contribution in [0.5, 0.6) is 5.88 Å². The molecule has 0 aromatic carbocycles. The van der Waals surface area contributed by atoms with E-state index < -0.39 is 0 Å². The minimum atomic E-state index is 0.495. The first-order valence-corrected chi connectivity index (χ1v) is 4.99. The summed E-state index contributed by atoms with van der Waals surface area (Å²) in [5, 5.41) is 9.09. The Bertz CT molecular complexity index is 548. The van der Waals surface area contributed by atoms with Gasteiger partial charge in [-0.25, -0.2) is 4.98 Å². The second-order valence-corrected chi connectivity index (χ2v) is 3.27. The molecule has 0 spiro atoms.